The van der Waals surface area contributed by atoms with E-state index in [1.165, 1.54) is 6.08 Å². The molecule has 1 aromatic rings. The van der Waals surface area contributed by atoms with Crippen molar-refractivity contribution in [1.82, 2.24) is 5.32 Å². The molecule has 1 unspecified atom stereocenters. The molecule has 1 N–H and O–H groups in total. The second-order valence-corrected chi connectivity index (χ2v) is 2.73. The van der Waals surface area contributed by atoms with Crippen LogP contribution in [0.5, 0.6) is 0 Å². The predicted octanol–water partition coefficient (Wildman–Crippen LogP) is 1.17. The summed E-state index contributed by atoms with van der Waals surface area (Å²) in [6.45, 7) is 3.48. The van der Waals surface area contributed by atoms with Gasteiger partial charge in [0.15, 0.2) is 5.78 Å². The monoisotopic (exact) mass is 189 g/mol. The zero-order valence-corrected chi connectivity index (χ0v) is 7.64. The van der Waals surface area contributed by atoms with Gasteiger partial charge in [0.25, 0.3) is 0 Å². The number of ketones is 1. The van der Waals surface area contributed by atoms with Gasteiger partial charge in [0, 0.05) is 5.56 Å². The van der Waals surface area contributed by atoms with E-state index in [0.29, 0.717) is 12.0 Å². The fraction of sp³-hybridized carbons (Fsp3) is 0.0909. The Kier molecular flexibility index (Phi) is 3.61. The molecular formula is C11H11NO2. The van der Waals surface area contributed by atoms with Gasteiger partial charge in [-0.3, -0.25) is 9.59 Å². The van der Waals surface area contributed by atoms with Crippen LogP contribution in [0.1, 0.15) is 10.4 Å². The molecule has 1 aromatic carbocycles. The van der Waals surface area contributed by atoms with E-state index in [-0.39, 0.29) is 5.78 Å². The fourth-order valence-corrected chi connectivity index (χ4v) is 1.11. The van der Waals surface area contributed by atoms with E-state index in [0.717, 1.165) is 0 Å². The van der Waals surface area contributed by atoms with E-state index in [1.807, 2.05) is 6.07 Å². The number of hydrogen-bond donors (Lipinski definition) is 1. The Labute approximate surface area is 82.4 Å². The minimum absolute atomic E-state index is 0.160. The first kappa shape index (κ1) is 10.2. The third-order valence-corrected chi connectivity index (χ3v) is 1.82. The van der Waals surface area contributed by atoms with Gasteiger partial charge in [0.1, 0.15) is 6.04 Å². The second kappa shape index (κ2) is 4.97. The molecular weight excluding hydrogens is 178 g/mol. The minimum atomic E-state index is -0.644. The van der Waals surface area contributed by atoms with Crippen LogP contribution in [0.4, 0.5) is 0 Å². The molecule has 72 valence electrons. The maximum absolute atomic E-state index is 11.7. The summed E-state index contributed by atoms with van der Waals surface area (Å²) < 4.78 is 0. The Morgan fingerprint density at radius 2 is 2.00 bits per heavy atom. The van der Waals surface area contributed by atoms with Crippen LogP contribution in [0, 0.1) is 0 Å². The van der Waals surface area contributed by atoms with Crippen LogP contribution in [0.25, 0.3) is 0 Å². The van der Waals surface area contributed by atoms with Gasteiger partial charge in [0.05, 0.1) is 0 Å². The van der Waals surface area contributed by atoms with Crippen molar-refractivity contribution in [3.8, 4) is 0 Å². The lowest BCUT2D eigenvalue weighted by atomic mass is 10.0. The normalized spacial score (nSPS) is 11.4. The lowest BCUT2D eigenvalue weighted by Gasteiger charge is -2.09. The number of rotatable bonds is 5. The molecule has 0 radical (unpaired) electrons. The highest BCUT2D eigenvalue weighted by Crippen LogP contribution is 2.03. The number of nitrogens with one attached hydrogen (secondary N) is 1. The van der Waals surface area contributed by atoms with Gasteiger partial charge >= 0.3 is 0 Å². The lowest BCUT2D eigenvalue weighted by molar-refractivity contribution is -0.109. The Hall–Kier alpha value is -1.90. The van der Waals surface area contributed by atoms with Gasteiger partial charge in [-0.15, -0.1) is 6.58 Å². The van der Waals surface area contributed by atoms with Crippen LogP contribution in [0.2, 0.25) is 0 Å². The van der Waals surface area contributed by atoms with Crippen molar-refractivity contribution in [1.29, 1.82) is 0 Å². The molecule has 0 saturated carbocycles. The third-order valence-electron chi connectivity index (χ3n) is 1.82. The van der Waals surface area contributed by atoms with Crippen molar-refractivity contribution in [2.24, 2.45) is 0 Å². The number of carbonyl (C=O) groups is 2. The molecule has 1 atom stereocenters. The molecule has 0 aliphatic carbocycles. The molecule has 0 bridgehead atoms. The summed E-state index contributed by atoms with van der Waals surface area (Å²) in [5.74, 6) is -0.160. The number of carbonyl (C=O) groups excluding carboxylic acids is 2. The predicted molar refractivity (Wildman–Crippen MR) is 54.0 cm³/mol. The quantitative estimate of drug-likeness (QED) is 0.429. The summed E-state index contributed by atoms with van der Waals surface area (Å²) in [5.41, 5.74) is 0.562. The van der Waals surface area contributed by atoms with Gasteiger partial charge in [0.2, 0.25) is 6.41 Å². The standard InChI is InChI=1S/C11H11NO2/c1-2-10(12-8-13)11(14)9-6-4-3-5-7-9/h2-8,10H,1H2,(H,12,13). The van der Waals surface area contributed by atoms with Gasteiger partial charge < -0.3 is 5.32 Å². The molecule has 3 nitrogen and oxygen atoms in total. The van der Waals surface area contributed by atoms with Crippen LogP contribution in [-0.2, 0) is 4.79 Å². The molecule has 0 heterocycles. The Balaban J connectivity index is 2.83. The van der Waals surface area contributed by atoms with Crippen LogP contribution >= 0.6 is 0 Å². The molecule has 0 saturated heterocycles. The SMILES string of the molecule is C=CC(NC=O)C(=O)c1ccccc1. The summed E-state index contributed by atoms with van der Waals surface area (Å²) in [5, 5.41) is 2.38. The minimum Gasteiger partial charge on any atom is -0.345 e. The Morgan fingerprint density at radius 3 is 2.50 bits per heavy atom. The van der Waals surface area contributed by atoms with Gasteiger partial charge in [-0.05, 0) is 0 Å². The molecule has 1 amide bonds. The van der Waals surface area contributed by atoms with Crippen LogP contribution < -0.4 is 5.32 Å². The first-order chi connectivity index (χ1) is 6.79. The third kappa shape index (κ3) is 2.29. The van der Waals surface area contributed by atoms with Crippen molar-refractivity contribution in [3.05, 3.63) is 48.6 Å². The largest absolute Gasteiger partial charge is 0.345 e. The van der Waals surface area contributed by atoms with E-state index in [1.54, 1.807) is 24.3 Å². The maximum atomic E-state index is 11.7. The number of amides is 1. The highest BCUT2D eigenvalue weighted by atomic mass is 16.1. The van der Waals surface area contributed by atoms with E-state index in [4.69, 9.17) is 0 Å². The molecule has 0 aliphatic rings. The molecule has 14 heavy (non-hydrogen) atoms. The topological polar surface area (TPSA) is 46.2 Å². The van der Waals surface area contributed by atoms with Crippen LogP contribution in [0.3, 0.4) is 0 Å². The highest BCUT2D eigenvalue weighted by molar-refractivity contribution is 6.02. The van der Waals surface area contributed by atoms with Crippen LogP contribution in [0.15, 0.2) is 43.0 Å². The van der Waals surface area contributed by atoms with Crippen molar-refractivity contribution >= 4 is 12.2 Å². The summed E-state index contributed by atoms with van der Waals surface area (Å²) in [7, 11) is 0. The van der Waals surface area contributed by atoms with Crippen molar-refractivity contribution in [3.63, 3.8) is 0 Å². The highest BCUT2D eigenvalue weighted by Gasteiger charge is 2.14. The number of benzene rings is 1. The molecule has 0 aliphatic heterocycles. The lowest BCUT2D eigenvalue weighted by Crippen LogP contribution is -2.33. The van der Waals surface area contributed by atoms with E-state index in [9.17, 15) is 9.59 Å². The molecule has 3 heteroatoms. The first-order valence-electron chi connectivity index (χ1n) is 4.21. The summed E-state index contributed by atoms with van der Waals surface area (Å²) in [4.78, 5) is 21.9. The molecule has 0 fully saturated rings. The fourth-order valence-electron chi connectivity index (χ4n) is 1.11. The van der Waals surface area contributed by atoms with Gasteiger partial charge in [-0.2, -0.15) is 0 Å². The zero-order chi connectivity index (χ0) is 10.4. The van der Waals surface area contributed by atoms with Gasteiger partial charge in [-0.25, -0.2) is 0 Å². The first-order valence-corrected chi connectivity index (χ1v) is 4.21. The van der Waals surface area contributed by atoms with E-state index in [2.05, 4.69) is 11.9 Å². The second-order valence-electron chi connectivity index (χ2n) is 2.73. The Morgan fingerprint density at radius 1 is 1.36 bits per heavy atom. The summed E-state index contributed by atoms with van der Waals surface area (Å²) >= 11 is 0. The zero-order valence-electron chi connectivity index (χ0n) is 7.64. The van der Waals surface area contributed by atoms with Crippen molar-refractivity contribution in [2.45, 2.75) is 6.04 Å². The maximum Gasteiger partial charge on any atom is 0.207 e. The smallest absolute Gasteiger partial charge is 0.207 e. The molecule has 0 aromatic heterocycles. The average molecular weight is 189 g/mol. The number of hydrogen-bond acceptors (Lipinski definition) is 2. The van der Waals surface area contributed by atoms with E-state index < -0.39 is 6.04 Å². The van der Waals surface area contributed by atoms with E-state index >= 15 is 0 Å². The number of Topliss-reactive ketones (excluding diaryl/α,β-unsaturated/α-hetero) is 1. The molecule has 1 rings (SSSR count). The Bertz CT molecular complexity index is 332. The summed E-state index contributed by atoms with van der Waals surface area (Å²) in [6, 6.07) is 8.13. The average Bonchev–Trinajstić information content (AvgIpc) is 2.26. The van der Waals surface area contributed by atoms with Crippen molar-refractivity contribution in [2.75, 3.05) is 0 Å². The van der Waals surface area contributed by atoms with Crippen molar-refractivity contribution < 1.29 is 9.59 Å². The summed E-state index contributed by atoms with van der Waals surface area (Å²) in [6.07, 6.45) is 1.90. The van der Waals surface area contributed by atoms with Crippen LogP contribution in [-0.4, -0.2) is 18.2 Å². The van der Waals surface area contributed by atoms with Gasteiger partial charge in [-0.1, -0.05) is 36.4 Å². The molecule has 0 spiro atoms.